The lowest BCUT2D eigenvalue weighted by Crippen LogP contribution is -1.77. The van der Waals surface area contributed by atoms with Crippen LogP contribution in [0.4, 0.5) is 4.39 Å². The van der Waals surface area contributed by atoms with Gasteiger partial charge in [-0.1, -0.05) is 66.8 Å². The van der Waals surface area contributed by atoms with Crippen molar-refractivity contribution in [2.45, 2.75) is 6.92 Å². The molecule has 0 fully saturated rings. The van der Waals surface area contributed by atoms with E-state index >= 15 is 0 Å². The molecule has 0 radical (unpaired) electrons. The highest BCUT2D eigenvalue weighted by Crippen LogP contribution is 2.18. The van der Waals surface area contributed by atoms with E-state index in [1.54, 1.807) is 48.5 Å². The number of phenolic OH excluding ortho intramolecular Hbond substituents is 2. The van der Waals surface area contributed by atoms with Gasteiger partial charge in [-0.3, -0.25) is 0 Å². The van der Waals surface area contributed by atoms with Crippen molar-refractivity contribution in [1.29, 1.82) is 5.26 Å². The van der Waals surface area contributed by atoms with Gasteiger partial charge >= 0.3 is 0 Å². The van der Waals surface area contributed by atoms with Crippen LogP contribution in [-0.2, 0) is 0 Å². The van der Waals surface area contributed by atoms with E-state index in [1.165, 1.54) is 12.1 Å². The zero-order chi connectivity index (χ0) is 24.3. The van der Waals surface area contributed by atoms with Gasteiger partial charge in [-0.05, 0) is 83.3 Å². The molecule has 2 N–H and O–H groups in total. The van der Waals surface area contributed by atoms with E-state index < -0.39 is 0 Å². The summed E-state index contributed by atoms with van der Waals surface area (Å²) in [5.41, 5.74) is 5.57. The summed E-state index contributed by atoms with van der Waals surface area (Å²) in [6.45, 7) is 1.94. The molecule has 168 valence electrons. The smallest absolute Gasteiger partial charge is 0.123 e. The molecule has 0 saturated carbocycles. The maximum atomic E-state index is 12.7. The van der Waals surface area contributed by atoms with Crippen molar-refractivity contribution in [2.75, 3.05) is 0 Å². The van der Waals surface area contributed by atoms with Crippen LogP contribution in [0.1, 0.15) is 33.4 Å². The summed E-state index contributed by atoms with van der Waals surface area (Å²) < 4.78 is 12.7. The van der Waals surface area contributed by atoms with Crippen LogP contribution in [0.25, 0.3) is 24.3 Å². The van der Waals surface area contributed by atoms with Crippen molar-refractivity contribution < 1.29 is 14.6 Å². The molecule has 0 atom stereocenters. The molecule has 34 heavy (non-hydrogen) atoms. The Hall–Kier alpha value is -4.62. The topological polar surface area (TPSA) is 64.2 Å². The molecule has 0 aliphatic rings. The second-order valence-electron chi connectivity index (χ2n) is 7.65. The van der Waals surface area contributed by atoms with Crippen LogP contribution in [0.2, 0.25) is 0 Å². The standard InChI is InChI=1S/C15H10FN.C15H14O2/c16-15-9-7-13(8-10-15)2-1-12-3-5-14(11-17)6-4-12;1-11-8-13(10-15(17)9-11)3-2-12-4-6-14(16)7-5-12/h1-10H;2-10,16-17H,1H3/b2-1+;3-2+. The van der Waals surface area contributed by atoms with Gasteiger partial charge in [-0.15, -0.1) is 0 Å². The second-order valence-corrected chi connectivity index (χ2v) is 7.65. The highest BCUT2D eigenvalue weighted by molar-refractivity contribution is 5.71. The molecule has 0 aliphatic heterocycles. The Balaban J connectivity index is 0.000000191. The Kier molecular flexibility index (Phi) is 8.37. The van der Waals surface area contributed by atoms with Gasteiger partial charge in [-0.2, -0.15) is 5.26 Å². The lowest BCUT2D eigenvalue weighted by Gasteiger charge is -1.99. The lowest BCUT2D eigenvalue weighted by atomic mass is 10.1. The molecule has 0 saturated heterocycles. The van der Waals surface area contributed by atoms with Crippen LogP contribution >= 0.6 is 0 Å². The maximum absolute atomic E-state index is 12.7. The van der Waals surface area contributed by atoms with Gasteiger partial charge in [0.15, 0.2) is 0 Å². The van der Waals surface area contributed by atoms with Gasteiger partial charge in [0.1, 0.15) is 17.3 Å². The molecule has 4 aromatic rings. The van der Waals surface area contributed by atoms with Crippen molar-refractivity contribution >= 4 is 24.3 Å². The van der Waals surface area contributed by atoms with Crippen LogP contribution in [0.3, 0.4) is 0 Å². The van der Waals surface area contributed by atoms with Gasteiger partial charge in [-0.25, -0.2) is 4.39 Å². The van der Waals surface area contributed by atoms with Crippen molar-refractivity contribution in [3.05, 3.63) is 130 Å². The summed E-state index contributed by atoms with van der Waals surface area (Å²) in [7, 11) is 0. The fourth-order valence-corrected chi connectivity index (χ4v) is 3.10. The van der Waals surface area contributed by atoms with Crippen molar-refractivity contribution in [2.24, 2.45) is 0 Å². The largest absolute Gasteiger partial charge is 0.508 e. The molecular weight excluding hydrogens is 425 g/mol. The first-order chi connectivity index (χ1) is 16.4. The number of nitriles is 1. The lowest BCUT2D eigenvalue weighted by molar-refractivity contribution is 0.474. The van der Waals surface area contributed by atoms with E-state index in [0.717, 1.165) is 27.8 Å². The quantitative estimate of drug-likeness (QED) is 0.318. The molecule has 0 bridgehead atoms. The maximum Gasteiger partial charge on any atom is 0.123 e. The third kappa shape index (κ3) is 7.81. The third-order valence-electron chi connectivity index (χ3n) is 4.82. The highest BCUT2D eigenvalue weighted by Gasteiger charge is 1.94. The second kappa shape index (κ2) is 11.8. The van der Waals surface area contributed by atoms with Gasteiger partial charge in [0.05, 0.1) is 11.6 Å². The van der Waals surface area contributed by atoms with Crippen LogP contribution in [0.15, 0.2) is 91.0 Å². The molecule has 4 aromatic carbocycles. The Morgan fingerprint density at radius 1 is 0.618 bits per heavy atom. The van der Waals surface area contributed by atoms with E-state index in [2.05, 4.69) is 6.07 Å². The minimum absolute atomic E-state index is 0.236. The molecule has 0 aromatic heterocycles. The fourth-order valence-electron chi connectivity index (χ4n) is 3.10. The Morgan fingerprint density at radius 2 is 1.09 bits per heavy atom. The number of aromatic hydroxyl groups is 2. The average Bonchev–Trinajstić information content (AvgIpc) is 2.83. The minimum Gasteiger partial charge on any atom is -0.508 e. The number of phenols is 2. The molecule has 4 heteroatoms. The summed E-state index contributed by atoms with van der Waals surface area (Å²) >= 11 is 0. The van der Waals surface area contributed by atoms with Crippen LogP contribution in [0, 0.1) is 24.1 Å². The number of aryl methyl sites for hydroxylation is 1. The molecule has 0 spiro atoms. The molecular formula is C30H24FNO2. The zero-order valence-corrected chi connectivity index (χ0v) is 18.7. The first-order valence-electron chi connectivity index (χ1n) is 10.6. The monoisotopic (exact) mass is 449 g/mol. The molecule has 0 amide bonds. The van der Waals surface area contributed by atoms with Crippen LogP contribution in [0.5, 0.6) is 11.5 Å². The van der Waals surface area contributed by atoms with Gasteiger partial charge in [0.2, 0.25) is 0 Å². The van der Waals surface area contributed by atoms with E-state index in [1.807, 2.05) is 61.6 Å². The van der Waals surface area contributed by atoms with Crippen molar-refractivity contribution in [3.8, 4) is 17.6 Å². The molecule has 0 unspecified atom stereocenters. The predicted octanol–water partition coefficient (Wildman–Crippen LogP) is 7.44. The molecule has 0 aliphatic carbocycles. The number of hydrogen-bond donors (Lipinski definition) is 2. The van der Waals surface area contributed by atoms with E-state index in [9.17, 15) is 9.50 Å². The average molecular weight is 450 g/mol. The first-order valence-corrected chi connectivity index (χ1v) is 10.6. The normalized spacial score (nSPS) is 10.6. The van der Waals surface area contributed by atoms with Crippen LogP contribution < -0.4 is 0 Å². The van der Waals surface area contributed by atoms with Crippen LogP contribution in [-0.4, -0.2) is 10.2 Å². The van der Waals surface area contributed by atoms with Gasteiger partial charge in [0, 0.05) is 0 Å². The number of halogens is 1. The summed E-state index contributed by atoms with van der Waals surface area (Å²) in [6, 6.07) is 28.0. The highest BCUT2D eigenvalue weighted by atomic mass is 19.1. The molecule has 4 rings (SSSR count). The van der Waals surface area contributed by atoms with E-state index in [0.29, 0.717) is 5.56 Å². The number of hydrogen-bond acceptors (Lipinski definition) is 3. The summed E-state index contributed by atoms with van der Waals surface area (Å²) in [5, 5.41) is 27.3. The minimum atomic E-state index is -0.236. The summed E-state index contributed by atoms with van der Waals surface area (Å²) in [6.07, 6.45) is 7.70. The SMILES string of the molecule is Cc1cc(O)cc(/C=C/c2ccc(O)cc2)c1.N#Cc1ccc(/C=C/c2ccc(F)cc2)cc1. The first kappa shape index (κ1) is 24.0. The fraction of sp³-hybridized carbons (Fsp3) is 0.0333. The Morgan fingerprint density at radius 3 is 1.59 bits per heavy atom. The zero-order valence-electron chi connectivity index (χ0n) is 18.7. The Bertz CT molecular complexity index is 1290. The molecule has 0 heterocycles. The van der Waals surface area contributed by atoms with Gasteiger partial charge in [0.25, 0.3) is 0 Å². The van der Waals surface area contributed by atoms with Crippen molar-refractivity contribution in [1.82, 2.24) is 0 Å². The number of nitrogens with zero attached hydrogens (tertiary/aromatic N) is 1. The summed E-state index contributed by atoms with van der Waals surface area (Å²) in [4.78, 5) is 0. The van der Waals surface area contributed by atoms with Crippen molar-refractivity contribution in [3.63, 3.8) is 0 Å². The van der Waals surface area contributed by atoms with Gasteiger partial charge < -0.3 is 10.2 Å². The number of rotatable bonds is 4. The Labute approximate surface area is 199 Å². The third-order valence-corrected chi connectivity index (χ3v) is 4.82. The summed E-state index contributed by atoms with van der Waals surface area (Å²) in [5.74, 6) is 0.297. The molecule has 3 nitrogen and oxygen atoms in total. The van der Waals surface area contributed by atoms with E-state index in [-0.39, 0.29) is 17.3 Å². The number of benzene rings is 4. The van der Waals surface area contributed by atoms with E-state index in [4.69, 9.17) is 10.4 Å². The predicted molar refractivity (Wildman–Crippen MR) is 136 cm³/mol.